The Morgan fingerprint density at radius 1 is 1.03 bits per heavy atom. The second-order valence-electron chi connectivity index (χ2n) is 7.53. The maximum Gasteiger partial charge on any atom is 0.450 e. The van der Waals surface area contributed by atoms with E-state index in [1.807, 2.05) is 0 Å². The summed E-state index contributed by atoms with van der Waals surface area (Å²) >= 11 is 3.30. The highest BCUT2D eigenvalue weighted by Crippen LogP contribution is 2.38. The monoisotopic (exact) mass is 546 g/mol. The standard InChI is InChI=1S/C26H18BrF3O5/c1-2-15-12-19-21(13-20(15)34-22(31)14-33-18-10-8-17(27)9-11-18)35-25(26(28,29)30)23(24(19)32)16-6-4-3-5-7-16/h3-13H,2,14H2,1H3. The van der Waals surface area contributed by atoms with Gasteiger partial charge in [-0.2, -0.15) is 13.2 Å². The zero-order chi connectivity index (χ0) is 25.2. The van der Waals surface area contributed by atoms with Crippen molar-refractivity contribution in [3.05, 3.63) is 92.7 Å². The summed E-state index contributed by atoms with van der Waals surface area (Å²) in [6.45, 7) is 1.34. The van der Waals surface area contributed by atoms with Crippen molar-refractivity contribution in [1.29, 1.82) is 0 Å². The Bertz CT molecular complexity index is 1430. The van der Waals surface area contributed by atoms with Crippen LogP contribution in [0.15, 0.2) is 80.4 Å². The summed E-state index contributed by atoms with van der Waals surface area (Å²) in [7, 11) is 0. The van der Waals surface area contributed by atoms with Crippen molar-refractivity contribution in [3.63, 3.8) is 0 Å². The highest BCUT2D eigenvalue weighted by atomic mass is 79.9. The molecule has 5 nitrogen and oxygen atoms in total. The lowest BCUT2D eigenvalue weighted by Crippen LogP contribution is -2.19. The molecule has 0 aliphatic rings. The lowest BCUT2D eigenvalue weighted by molar-refractivity contribution is -0.152. The highest BCUT2D eigenvalue weighted by Gasteiger charge is 2.39. The second kappa shape index (κ2) is 9.95. The van der Waals surface area contributed by atoms with Gasteiger partial charge in [0.2, 0.25) is 11.2 Å². The average Bonchev–Trinajstić information content (AvgIpc) is 2.83. The number of benzene rings is 3. The average molecular weight is 547 g/mol. The van der Waals surface area contributed by atoms with Gasteiger partial charge in [0.15, 0.2) is 6.61 Å². The molecular formula is C26H18BrF3O5. The molecule has 0 aliphatic heterocycles. The fourth-order valence-electron chi connectivity index (χ4n) is 3.53. The Balaban J connectivity index is 1.72. The first kappa shape index (κ1) is 24.5. The Hall–Kier alpha value is -3.59. The van der Waals surface area contributed by atoms with Crippen molar-refractivity contribution >= 4 is 32.9 Å². The number of hydrogen-bond acceptors (Lipinski definition) is 5. The van der Waals surface area contributed by atoms with E-state index in [4.69, 9.17) is 13.9 Å². The van der Waals surface area contributed by atoms with E-state index >= 15 is 0 Å². The molecule has 0 unspecified atom stereocenters. The molecule has 0 saturated heterocycles. The maximum absolute atomic E-state index is 13.8. The van der Waals surface area contributed by atoms with Crippen LogP contribution in [0.2, 0.25) is 0 Å². The van der Waals surface area contributed by atoms with Gasteiger partial charge in [-0.05, 0) is 47.9 Å². The molecule has 4 aromatic rings. The number of ether oxygens (including phenoxy) is 2. The van der Waals surface area contributed by atoms with Gasteiger partial charge in [0.05, 0.1) is 10.9 Å². The molecule has 4 rings (SSSR count). The van der Waals surface area contributed by atoms with Crippen molar-refractivity contribution < 1.29 is 31.9 Å². The van der Waals surface area contributed by atoms with Crippen molar-refractivity contribution in [3.8, 4) is 22.6 Å². The van der Waals surface area contributed by atoms with Gasteiger partial charge in [0.25, 0.3) is 0 Å². The van der Waals surface area contributed by atoms with Gasteiger partial charge in [-0.3, -0.25) is 4.79 Å². The smallest absolute Gasteiger partial charge is 0.450 e. The number of carbonyl (C=O) groups is 1. The number of fused-ring (bicyclic) bond motifs is 1. The molecule has 35 heavy (non-hydrogen) atoms. The molecule has 1 heterocycles. The molecule has 1 aromatic heterocycles. The van der Waals surface area contributed by atoms with Crippen LogP contribution in [0, 0.1) is 0 Å². The van der Waals surface area contributed by atoms with Crippen LogP contribution in [0.4, 0.5) is 13.2 Å². The molecule has 0 saturated carbocycles. The first-order chi connectivity index (χ1) is 16.7. The minimum absolute atomic E-state index is 0.00635. The van der Waals surface area contributed by atoms with Crippen LogP contribution >= 0.6 is 15.9 Å². The summed E-state index contributed by atoms with van der Waals surface area (Å²) in [5.41, 5.74) is -1.18. The minimum Gasteiger partial charge on any atom is -0.482 e. The molecule has 0 aliphatic carbocycles. The molecule has 3 aromatic carbocycles. The van der Waals surface area contributed by atoms with Gasteiger partial charge in [-0.1, -0.05) is 53.2 Å². The van der Waals surface area contributed by atoms with E-state index in [0.717, 1.165) is 10.5 Å². The van der Waals surface area contributed by atoms with Gasteiger partial charge >= 0.3 is 12.1 Å². The zero-order valence-corrected chi connectivity index (χ0v) is 19.9. The summed E-state index contributed by atoms with van der Waals surface area (Å²) < 4.78 is 58.3. The van der Waals surface area contributed by atoms with Crippen LogP contribution in [0.3, 0.4) is 0 Å². The van der Waals surface area contributed by atoms with Gasteiger partial charge in [0.1, 0.15) is 17.1 Å². The van der Waals surface area contributed by atoms with Crippen LogP contribution < -0.4 is 14.9 Å². The molecule has 0 bridgehead atoms. The fourth-order valence-corrected chi connectivity index (χ4v) is 3.79. The summed E-state index contributed by atoms with van der Waals surface area (Å²) in [5, 5.41) is -0.0420. The fraction of sp³-hybridized carbons (Fsp3) is 0.154. The number of rotatable bonds is 6. The molecule has 0 radical (unpaired) electrons. The first-order valence-electron chi connectivity index (χ1n) is 10.5. The predicted octanol–water partition coefficient (Wildman–Crippen LogP) is 6.79. The van der Waals surface area contributed by atoms with Gasteiger partial charge in [0, 0.05) is 10.5 Å². The SMILES string of the molecule is CCc1cc2c(=O)c(-c3ccccc3)c(C(F)(F)F)oc2cc1OC(=O)COc1ccc(Br)cc1. The number of carbonyl (C=O) groups excluding carboxylic acids is 1. The van der Waals surface area contributed by atoms with Gasteiger partial charge < -0.3 is 13.9 Å². The van der Waals surface area contributed by atoms with Crippen LogP contribution in [-0.2, 0) is 17.4 Å². The summed E-state index contributed by atoms with van der Waals surface area (Å²) in [6.07, 6.45) is -4.56. The zero-order valence-electron chi connectivity index (χ0n) is 18.3. The topological polar surface area (TPSA) is 65.7 Å². The number of esters is 1. The van der Waals surface area contributed by atoms with E-state index in [2.05, 4.69) is 15.9 Å². The maximum atomic E-state index is 13.8. The lowest BCUT2D eigenvalue weighted by atomic mass is 10.00. The highest BCUT2D eigenvalue weighted by molar-refractivity contribution is 9.10. The van der Waals surface area contributed by atoms with Gasteiger partial charge in [-0.25, -0.2) is 4.79 Å². The van der Waals surface area contributed by atoms with Crippen LogP contribution in [0.1, 0.15) is 18.2 Å². The van der Waals surface area contributed by atoms with E-state index in [9.17, 15) is 22.8 Å². The van der Waals surface area contributed by atoms with Crippen LogP contribution in [0.25, 0.3) is 22.1 Å². The van der Waals surface area contributed by atoms with E-state index in [1.165, 1.54) is 30.3 Å². The first-order valence-corrected chi connectivity index (χ1v) is 11.3. The van der Waals surface area contributed by atoms with Crippen molar-refractivity contribution in [2.75, 3.05) is 6.61 Å². The summed E-state index contributed by atoms with van der Waals surface area (Å²) in [5.74, 6) is -1.75. The number of hydrogen-bond donors (Lipinski definition) is 0. The summed E-state index contributed by atoms with van der Waals surface area (Å²) in [4.78, 5) is 25.6. The van der Waals surface area contributed by atoms with E-state index in [0.29, 0.717) is 17.7 Å². The molecule has 0 amide bonds. The third-order valence-corrected chi connectivity index (χ3v) is 5.70. The molecule has 0 fully saturated rings. The number of alkyl halides is 3. The number of aryl methyl sites for hydroxylation is 1. The van der Waals surface area contributed by atoms with E-state index in [1.54, 1.807) is 37.3 Å². The van der Waals surface area contributed by atoms with E-state index in [-0.39, 0.29) is 22.3 Å². The Kier molecular flexibility index (Phi) is 6.98. The Morgan fingerprint density at radius 2 is 1.71 bits per heavy atom. The largest absolute Gasteiger partial charge is 0.482 e. The molecule has 0 atom stereocenters. The molecule has 180 valence electrons. The summed E-state index contributed by atoms with van der Waals surface area (Å²) in [6, 6.07) is 16.9. The normalized spacial score (nSPS) is 11.5. The molecular weight excluding hydrogens is 529 g/mol. The van der Waals surface area contributed by atoms with Gasteiger partial charge in [-0.15, -0.1) is 0 Å². The van der Waals surface area contributed by atoms with Crippen molar-refractivity contribution in [2.24, 2.45) is 0 Å². The predicted molar refractivity (Wildman–Crippen MR) is 128 cm³/mol. The molecule has 0 spiro atoms. The van der Waals surface area contributed by atoms with Crippen LogP contribution in [-0.4, -0.2) is 12.6 Å². The van der Waals surface area contributed by atoms with E-state index < -0.39 is 35.5 Å². The molecule has 9 heteroatoms. The van der Waals surface area contributed by atoms with Crippen molar-refractivity contribution in [1.82, 2.24) is 0 Å². The van der Waals surface area contributed by atoms with Crippen LogP contribution in [0.5, 0.6) is 11.5 Å². The Morgan fingerprint density at radius 3 is 2.34 bits per heavy atom. The Labute approximate surface area is 206 Å². The second-order valence-corrected chi connectivity index (χ2v) is 8.44. The van der Waals surface area contributed by atoms with Crippen molar-refractivity contribution in [2.45, 2.75) is 19.5 Å². The number of halogens is 4. The third-order valence-electron chi connectivity index (χ3n) is 5.17. The quantitative estimate of drug-likeness (QED) is 0.197. The molecule has 0 N–H and O–H groups in total. The minimum atomic E-state index is -4.92. The lowest BCUT2D eigenvalue weighted by Gasteiger charge is -2.15. The third kappa shape index (κ3) is 5.40.